The predicted molar refractivity (Wildman–Crippen MR) is 77.7 cm³/mol. The number of hydrogen-bond acceptors (Lipinski definition) is 3. The fourth-order valence-electron chi connectivity index (χ4n) is 1.96. The average molecular weight is 254 g/mol. The fraction of sp³-hybridized carbons (Fsp3) is 0.133. The highest BCUT2D eigenvalue weighted by atomic mass is 32.1. The summed E-state index contributed by atoms with van der Waals surface area (Å²) in [5.74, 6) is 0. The number of aromatic nitrogens is 1. The molecule has 2 N–H and O–H groups in total. The molecule has 0 aliphatic heterocycles. The Morgan fingerprint density at radius 1 is 1.17 bits per heavy atom. The van der Waals surface area contributed by atoms with Crippen LogP contribution >= 0.6 is 11.3 Å². The summed E-state index contributed by atoms with van der Waals surface area (Å²) < 4.78 is 1.31. The summed E-state index contributed by atoms with van der Waals surface area (Å²) in [6.45, 7) is 2.66. The molecule has 0 aliphatic carbocycles. The van der Waals surface area contributed by atoms with E-state index in [4.69, 9.17) is 5.73 Å². The normalized spacial score (nSPS) is 11.0. The van der Waals surface area contributed by atoms with Crippen LogP contribution in [0.1, 0.15) is 11.1 Å². The van der Waals surface area contributed by atoms with Gasteiger partial charge in [0.15, 0.2) is 0 Å². The van der Waals surface area contributed by atoms with Gasteiger partial charge in [-0.2, -0.15) is 0 Å². The second kappa shape index (κ2) is 4.52. The molecule has 0 radical (unpaired) electrons. The lowest BCUT2D eigenvalue weighted by Gasteiger charge is -1.98. The lowest BCUT2D eigenvalue weighted by Crippen LogP contribution is -1.96. The van der Waals surface area contributed by atoms with Gasteiger partial charge in [-0.1, -0.05) is 18.2 Å². The first-order valence-electron chi connectivity index (χ1n) is 5.92. The Morgan fingerprint density at radius 3 is 2.78 bits per heavy atom. The highest BCUT2D eigenvalue weighted by molar-refractivity contribution is 7.22. The zero-order chi connectivity index (χ0) is 12.5. The van der Waals surface area contributed by atoms with E-state index in [0.717, 1.165) is 11.3 Å². The van der Waals surface area contributed by atoms with Crippen LogP contribution in [-0.4, -0.2) is 4.98 Å². The third-order valence-corrected chi connectivity index (χ3v) is 4.11. The minimum atomic E-state index is 0.541. The SMILES string of the molecule is Cc1ccc2cc(-c3ccc(CN)cn3)sc2c1. The summed E-state index contributed by atoms with van der Waals surface area (Å²) in [6, 6.07) is 12.8. The van der Waals surface area contributed by atoms with Gasteiger partial charge >= 0.3 is 0 Å². The molecule has 0 saturated heterocycles. The van der Waals surface area contributed by atoms with Crippen LogP contribution in [0.25, 0.3) is 20.7 Å². The second-order valence-electron chi connectivity index (χ2n) is 4.41. The smallest absolute Gasteiger partial charge is 0.0802 e. The molecule has 90 valence electrons. The molecule has 3 rings (SSSR count). The highest BCUT2D eigenvalue weighted by Crippen LogP contribution is 2.32. The summed E-state index contributed by atoms with van der Waals surface area (Å²) in [5, 5.41) is 1.28. The number of aryl methyl sites for hydroxylation is 1. The number of fused-ring (bicyclic) bond motifs is 1. The third kappa shape index (κ3) is 2.03. The Labute approximate surface area is 110 Å². The molecule has 1 aromatic carbocycles. The van der Waals surface area contributed by atoms with Gasteiger partial charge in [0.05, 0.1) is 10.6 Å². The maximum Gasteiger partial charge on any atom is 0.0802 e. The van der Waals surface area contributed by atoms with Crippen LogP contribution in [0.15, 0.2) is 42.6 Å². The molecule has 0 fully saturated rings. The maximum atomic E-state index is 5.58. The van der Waals surface area contributed by atoms with Crippen molar-refractivity contribution < 1.29 is 0 Å². The van der Waals surface area contributed by atoms with Crippen LogP contribution in [-0.2, 0) is 6.54 Å². The molecule has 2 heterocycles. The molecule has 2 nitrogen and oxygen atoms in total. The monoisotopic (exact) mass is 254 g/mol. The van der Waals surface area contributed by atoms with Crippen molar-refractivity contribution >= 4 is 21.4 Å². The van der Waals surface area contributed by atoms with E-state index in [1.165, 1.54) is 20.5 Å². The summed E-state index contributed by atoms with van der Waals surface area (Å²) in [7, 11) is 0. The standard InChI is InChI=1S/C15H14N2S/c1-10-2-4-12-7-15(18-14(12)6-10)13-5-3-11(8-16)9-17-13/h2-7,9H,8,16H2,1H3. The van der Waals surface area contributed by atoms with Crippen LogP contribution in [0.3, 0.4) is 0 Å². The first-order chi connectivity index (χ1) is 8.76. The van der Waals surface area contributed by atoms with Crippen molar-refractivity contribution in [2.24, 2.45) is 5.73 Å². The van der Waals surface area contributed by atoms with Crippen LogP contribution in [0.2, 0.25) is 0 Å². The van der Waals surface area contributed by atoms with E-state index in [9.17, 15) is 0 Å². The first kappa shape index (κ1) is 11.4. The molecule has 18 heavy (non-hydrogen) atoms. The van der Waals surface area contributed by atoms with E-state index in [0.29, 0.717) is 6.54 Å². The van der Waals surface area contributed by atoms with E-state index in [1.54, 1.807) is 11.3 Å². The minimum Gasteiger partial charge on any atom is -0.326 e. The topological polar surface area (TPSA) is 38.9 Å². The number of rotatable bonds is 2. The number of thiophene rings is 1. The molecule has 0 atom stereocenters. The van der Waals surface area contributed by atoms with Gasteiger partial charge in [-0.15, -0.1) is 11.3 Å². The van der Waals surface area contributed by atoms with Crippen LogP contribution in [0, 0.1) is 6.92 Å². The minimum absolute atomic E-state index is 0.541. The summed E-state index contributed by atoms with van der Waals surface area (Å²) in [6.07, 6.45) is 1.85. The Bertz CT molecular complexity index is 683. The van der Waals surface area contributed by atoms with Crippen LogP contribution in [0.5, 0.6) is 0 Å². The lowest BCUT2D eigenvalue weighted by molar-refractivity contribution is 1.05. The zero-order valence-corrected chi connectivity index (χ0v) is 11.0. The molecule has 0 saturated carbocycles. The molecule has 0 unspecified atom stereocenters. The molecule has 2 aromatic heterocycles. The Morgan fingerprint density at radius 2 is 2.06 bits per heavy atom. The van der Waals surface area contributed by atoms with Gasteiger partial charge in [0.25, 0.3) is 0 Å². The Balaban J connectivity index is 2.07. The lowest BCUT2D eigenvalue weighted by atomic mass is 10.2. The molecule has 0 spiro atoms. The molecular formula is C15H14N2S. The molecule has 0 bridgehead atoms. The number of nitrogens with zero attached hydrogens (tertiary/aromatic N) is 1. The number of hydrogen-bond donors (Lipinski definition) is 1. The van der Waals surface area contributed by atoms with Gasteiger partial charge < -0.3 is 5.73 Å². The van der Waals surface area contributed by atoms with Gasteiger partial charge in [0, 0.05) is 17.4 Å². The van der Waals surface area contributed by atoms with Crippen molar-refractivity contribution in [3.05, 3.63) is 53.7 Å². The molecule has 3 aromatic rings. The van der Waals surface area contributed by atoms with Gasteiger partial charge in [0.2, 0.25) is 0 Å². The van der Waals surface area contributed by atoms with Crippen LogP contribution in [0.4, 0.5) is 0 Å². The first-order valence-corrected chi connectivity index (χ1v) is 6.73. The van der Waals surface area contributed by atoms with Crippen molar-refractivity contribution in [1.82, 2.24) is 4.98 Å². The van der Waals surface area contributed by atoms with E-state index in [2.05, 4.69) is 36.2 Å². The van der Waals surface area contributed by atoms with Crippen molar-refractivity contribution in [1.29, 1.82) is 0 Å². The average Bonchev–Trinajstić information content (AvgIpc) is 2.81. The quantitative estimate of drug-likeness (QED) is 0.756. The van der Waals surface area contributed by atoms with Crippen molar-refractivity contribution in [3.8, 4) is 10.6 Å². The van der Waals surface area contributed by atoms with Crippen molar-refractivity contribution in [2.45, 2.75) is 13.5 Å². The zero-order valence-electron chi connectivity index (χ0n) is 10.2. The predicted octanol–water partition coefficient (Wildman–Crippen LogP) is 3.73. The van der Waals surface area contributed by atoms with E-state index in [1.807, 2.05) is 18.3 Å². The summed E-state index contributed by atoms with van der Waals surface area (Å²) in [5.41, 5.74) is 8.96. The molecule has 3 heteroatoms. The molecule has 0 amide bonds. The van der Waals surface area contributed by atoms with E-state index >= 15 is 0 Å². The third-order valence-electron chi connectivity index (χ3n) is 2.99. The van der Waals surface area contributed by atoms with Crippen molar-refractivity contribution in [2.75, 3.05) is 0 Å². The molecular weight excluding hydrogens is 240 g/mol. The summed E-state index contributed by atoms with van der Waals surface area (Å²) >= 11 is 1.78. The van der Waals surface area contributed by atoms with Crippen molar-refractivity contribution in [3.63, 3.8) is 0 Å². The Kier molecular flexibility index (Phi) is 2.86. The van der Waals surface area contributed by atoms with E-state index < -0.39 is 0 Å². The largest absolute Gasteiger partial charge is 0.326 e. The number of nitrogens with two attached hydrogens (primary N) is 1. The maximum absolute atomic E-state index is 5.58. The molecule has 0 aliphatic rings. The second-order valence-corrected chi connectivity index (χ2v) is 5.49. The fourth-order valence-corrected chi connectivity index (χ4v) is 3.09. The van der Waals surface area contributed by atoms with Gasteiger partial charge in [-0.05, 0) is 41.6 Å². The van der Waals surface area contributed by atoms with Gasteiger partial charge in [-0.25, -0.2) is 0 Å². The van der Waals surface area contributed by atoms with E-state index in [-0.39, 0.29) is 0 Å². The number of benzene rings is 1. The highest BCUT2D eigenvalue weighted by Gasteiger charge is 2.05. The Hall–Kier alpha value is -1.71. The van der Waals surface area contributed by atoms with Gasteiger partial charge in [-0.3, -0.25) is 4.98 Å². The van der Waals surface area contributed by atoms with Crippen LogP contribution < -0.4 is 5.73 Å². The van der Waals surface area contributed by atoms with Gasteiger partial charge in [0.1, 0.15) is 0 Å². The summed E-state index contributed by atoms with van der Waals surface area (Å²) in [4.78, 5) is 5.68. The number of pyridine rings is 1.